The van der Waals surface area contributed by atoms with E-state index >= 15 is 0 Å². The van der Waals surface area contributed by atoms with E-state index in [1.165, 1.54) is 83.5 Å². The number of hydrogen-bond donors (Lipinski definition) is 0. The van der Waals surface area contributed by atoms with Crippen LogP contribution in [0, 0.1) is 58.2 Å². The number of hydrogen-bond acceptors (Lipinski definition) is 1. The molecule has 0 N–H and O–H groups in total. The van der Waals surface area contributed by atoms with Gasteiger partial charge in [-0.15, -0.1) is 0 Å². The molecule has 9 atom stereocenters. The van der Waals surface area contributed by atoms with Crippen LogP contribution in [-0.2, 0) is 4.57 Å². The van der Waals surface area contributed by atoms with Crippen LogP contribution in [0.2, 0.25) is 0 Å². The average Bonchev–Trinajstić information content (AvgIpc) is 3.39. The van der Waals surface area contributed by atoms with Crippen LogP contribution in [0.15, 0.2) is 60.7 Å². The fourth-order valence-corrected chi connectivity index (χ4v) is 14.7. The van der Waals surface area contributed by atoms with Crippen molar-refractivity contribution in [2.24, 2.45) is 58.2 Å². The molecule has 2 aromatic carbocycles. The summed E-state index contributed by atoms with van der Waals surface area (Å²) in [6.45, 7) is 12.9. The Morgan fingerprint density at radius 3 is 2.02 bits per heavy atom. The zero-order valence-electron chi connectivity index (χ0n) is 28.9. The number of benzene rings is 2. The van der Waals surface area contributed by atoms with Gasteiger partial charge in [0.15, 0.2) is 0 Å². The summed E-state index contributed by atoms with van der Waals surface area (Å²) in [6.07, 6.45) is 20.7. The molecule has 242 valence electrons. The molecular formula is C42H63OP. The lowest BCUT2D eigenvalue weighted by molar-refractivity contribution is -0.121. The van der Waals surface area contributed by atoms with E-state index in [4.69, 9.17) is 0 Å². The number of rotatable bonds is 11. The Morgan fingerprint density at radius 2 is 1.36 bits per heavy atom. The van der Waals surface area contributed by atoms with E-state index in [1.54, 1.807) is 0 Å². The van der Waals surface area contributed by atoms with E-state index in [0.717, 1.165) is 70.5 Å². The van der Waals surface area contributed by atoms with Crippen molar-refractivity contribution >= 4 is 17.8 Å². The van der Waals surface area contributed by atoms with Gasteiger partial charge in [-0.25, -0.2) is 0 Å². The summed E-state index contributed by atoms with van der Waals surface area (Å²) >= 11 is 0. The van der Waals surface area contributed by atoms with Gasteiger partial charge >= 0.3 is 0 Å². The molecular weight excluding hydrogens is 551 g/mol. The Morgan fingerprint density at radius 1 is 0.727 bits per heavy atom. The largest absolute Gasteiger partial charge is 0.314 e. The van der Waals surface area contributed by atoms with Gasteiger partial charge in [-0.2, -0.15) is 0 Å². The summed E-state index contributed by atoms with van der Waals surface area (Å²) in [5.74, 6) is 7.38. The minimum Gasteiger partial charge on any atom is -0.314 e. The van der Waals surface area contributed by atoms with E-state index < -0.39 is 7.14 Å². The van der Waals surface area contributed by atoms with E-state index in [2.05, 4.69) is 83.1 Å². The lowest BCUT2D eigenvalue weighted by Gasteiger charge is -2.61. The molecule has 4 aliphatic carbocycles. The smallest absolute Gasteiger partial charge is 0.143 e. The predicted molar refractivity (Wildman–Crippen MR) is 190 cm³/mol. The highest BCUT2D eigenvalue weighted by Gasteiger charge is 2.60. The van der Waals surface area contributed by atoms with Crippen LogP contribution in [0.3, 0.4) is 0 Å². The molecule has 0 radical (unpaired) electrons. The van der Waals surface area contributed by atoms with E-state index in [9.17, 15) is 4.57 Å². The van der Waals surface area contributed by atoms with Crippen LogP contribution in [0.1, 0.15) is 125 Å². The van der Waals surface area contributed by atoms with Crippen molar-refractivity contribution in [3.63, 3.8) is 0 Å². The van der Waals surface area contributed by atoms with Gasteiger partial charge in [-0.1, -0.05) is 115 Å². The van der Waals surface area contributed by atoms with Crippen LogP contribution >= 0.6 is 7.14 Å². The first-order valence-corrected chi connectivity index (χ1v) is 20.7. The standard InChI is InChI=1S/C42H63OP/c1-31(2)14-12-15-32(3)38-23-24-39-37-22-21-34-30-33(25-27-41(34,4)40(37)26-28-42(38,39)5)16-13-29-44(43,35-17-8-6-9-18-35)36-19-10-7-11-20-36/h6-11,17-20,31-34,37-40H,12-16,21-30H2,1-5H3/t32-,33?,34?,37+,38-,39+,40+,41+,42-/m1/s1. The molecule has 0 saturated heterocycles. The third kappa shape index (κ3) is 6.19. The van der Waals surface area contributed by atoms with Crippen LogP contribution in [0.5, 0.6) is 0 Å². The quantitative estimate of drug-likeness (QED) is 0.230. The average molecular weight is 615 g/mol. The molecule has 2 aromatic rings. The third-order valence-electron chi connectivity index (χ3n) is 14.4. The second-order valence-electron chi connectivity index (χ2n) is 17.1. The molecule has 2 unspecified atom stereocenters. The summed E-state index contributed by atoms with van der Waals surface area (Å²) in [7, 11) is -2.59. The van der Waals surface area contributed by atoms with E-state index in [1.807, 2.05) is 12.1 Å². The Kier molecular flexibility index (Phi) is 9.94. The first-order valence-electron chi connectivity index (χ1n) is 18.9. The minimum atomic E-state index is -2.59. The monoisotopic (exact) mass is 614 g/mol. The molecule has 0 spiro atoms. The second kappa shape index (κ2) is 13.4. The highest BCUT2D eigenvalue weighted by molar-refractivity contribution is 7.78. The summed E-state index contributed by atoms with van der Waals surface area (Å²) in [4.78, 5) is 0. The SMILES string of the molecule is CC(C)CCC[C@@H](C)[C@H]1CC[C@H]2[C@@H]3CCC4CC(CCCP(=O)(c5ccccc5)c5ccccc5)CC[C@]4(C)[C@H]3CC[C@]12C. The van der Waals surface area contributed by atoms with E-state index in [0.29, 0.717) is 10.8 Å². The van der Waals surface area contributed by atoms with Gasteiger partial charge in [0.25, 0.3) is 0 Å². The maximum Gasteiger partial charge on any atom is 0.143 e. The van der Waals surface area contributed by atoms with Gasteiger partial charge in [0.2, 0.25) is 0 Å². The summed E-state index contributed by atoms with van der Waals surface area (Å²) in [5.41, 5.74) is 1.16. The first-order chi connectivity index (χ1) is 21.1. The zero-order chi connectivity index (χ0) is 31.0. The molecule has 0 aliphatic heterocycles. The van der Waals surface area contributed by atoms with Crippen molar-refractivity contribution in [3.05, 3.63) is 60.7 Å². The lowest BCUT2D eigenvalue weighted by atomic mass is 9.44. The first kappa shape index (κ1) is 32.6. The predicted octanol–water partition coefficient (Wildman–Crippen LogP) is 11.5. The number of fused-ring (bicyclic) bond motifs is 5. The maximum atomic E-state index is 14.6. The van der Waals surface area contributed by atoms with Crippen LogP contribution in [0.25, 0.3) is 0 Å². The zero-order valence-corrected chi connectivity index (χ0v) is 29.7. The van der Waals surface area contributed by atoms with Crippen molar-refractivity contribution in [1.29, 1.82) is 0 Å². The van der Waals surface area contributed by atoms with Crippen molar-refractivity contribution in [2.75, 3.05) is 6.16 Å². The molecule has 0 amide bonds. The summed E-state index contributed by atoms with van der Waals surface area (Å²) in [5, 5.41) is 2.06. The van der Waals surface area contributed by atoms with Gasteiger partial charge < -0.3 is 4.57 Å². The van der Waals surface area contributed by atoms with Crippen molar-refractivity contribution in [3.8, 4) is 0 Å². The lowest BCUT2D eigenvalue weighted by Crippen LogP contribution is -2.53. The van der Waals surface area contributed by atoms with Gasteiger partial charge in [0.05, 0.1) is 0 Å². The van der Waals surface area contributed by atoms with Crippen LogP contribution < -0.4 is 10.6 Å². The molecule has 4 fully saturated rings. The minimum absolute atomic E-state index is 0.561. The molecule has 6 rings (SSSR count). The third-order valence-corrected chi connectivity index (χ3v) is 17.6. The molecule has 1 nitrogen and oxygen atoms in total. The normalized spacial score (nSPS) is 36.0. The summed E-state index contributed by atoms with van der Waals surface area (Å²) < 4.78 is 14.6. The van der Waals surface area contributed by atoms with Crippen molar-refractivity contribution in [1.82, 2.24) is 0 Å². The summed E-state index contributed by atoms with van der Waals surface area (Å²) in [6, 6.07) is 20.7. The topological polar surface area (TPSA) is 17.1 Å². The highest BCUT2D eigenvalue weighted by atomic mass is 31.2. The molecule has 0 heterocycles. The van der Waals surface area contributed by atoms with Gasteiger partial charge in [-0.3, -0.25) is 0 Å². The Labute approximate surface area is 271 Å². The Balaban J connectivity index is 1.07. The molecule has 0 bridgehead atoms. The molecule has 4 aliphatic rings. The molecule has 2 heteroatoms. The Hall–Kier alpha value is -1.33. The molecule has 4 saturated carbocycles. The van der Waals surface area contributed by atoms with Crippen molar-refractivity contribution < 1.29 is 4.57 Å². The Bertz CT molecular complexity index is 1210. The second-order valence-corrected chi connectivity index (χ2v) is 20.1. The maximum absolute atomic E-state index is 14.6. The van der Waals surface area contributed by atoms with Crippen LogP contribution in [0.4, 0.5) is 0 Å². The highest BCUT2D eigenvalue weighted by Crippen LogP contribution is 2.69. The van der Waals surface area contributed by atoms with Gasteiger partial charge in [-0.05, 0) is 129 Å². The van der Waals surface area contributed by atoms with Crippen molar-refractivity contribution in [2.45, 2.75) is 125 Å². The van der Waals surface area contributed by atoms with Crippen LogP contribution in [-0.4, -0.2) is 6.16 Å². The van der Waals surface area contributed by atoms with Gasteiger partial charge in [0, 0.05) is 16.8 Å². The fourth-order valence-electron chi connectivity index (χ4n) is 12.0. The van der Waals surface area contributed by atoms with Gasteiger partial charge in [0.1, 0.15) is 7.14 Å². The van der Waals surface area contributed by atoms with E-state index in [-0.39, 0.29) is 0 Å². The fraction of sp³-hybridized carbons (Fsp3) is 0.714. The molecule has 44 heavy (non-hydrogen) atoms. The molecule has 0 aromatic heterocycles.